The van der Waals surface area contributed by atoms with Crippen LogP contribution in [-0.4, -0.2) is 42.6 Å². The molecule has 1 heterocycles. The van der Waals surface area contributed by atoms with Gasteiger partial charge in [-0.05, 0) is 26.0 Å². The normalized spacial score (nSPS) is 10.1. The first kappa shape index (κ1) is 17.5. The van der Waals surface area contributed by atoms with Crippen LogP contribution in [0.25, 0.3) is 0 Å². The van der Waals surface area contributed by atoms with E-state index in [9.17, 15) is 4.79 Å². The lowest BCUT2D eigenvalue weighted by atomic mass is 10.2. The van der Waals surface area contributed by atoms with Gasteiger partial charge in [0.15, 0.2) is 0 Å². The number of carbonyl (C=O) groups is 1. The van der Waals surface area contributed by atoms with Crippen LogP contribution in [0.5, 0.6) is 5.75 Å². The SMILES string of the molecule is CCNc1cc(C)nc(NCCNC(=O)c2ccccc2OC)n1. The van der Waals surface area contributed by atoms with Gasteiger partial charge in [-0.15, -0.1) is 0 Å². The Balaban J connectivity index is 1.85. The maximum absolute atomic E-state index is 12.2. The first-order valence-corrected chi connectivity index (χ1v) is 7.88. The average Bonchev–Trinajstić information content (AvgIpc) is 2.58. The van der Waals surface area contributed by atoms with Crippen molar-refractivity contribution < 1.29 is 9.53 Å². The second kappa shape index (κ2) is 8.71. The van der Waals surface area contributed by atoms with Crippen LogP contribution in [0.3, 0.4) is 0 Å². The average molecular weight is 329 g/mol. The molecule has 24 heavy (non-hydrogen) atoms. The Morgan fingerprint density at radius 3 is 2.71 bits per heavy atom. The molecule has 1 aromatic heterocycles. The molecule has 0 saturated heterocycles. The van der Waals surface area contributed by atoms with Crippen LogP contribution >= 0.6 is 0 Å². The summed E-state index contributed by atoms with van der Waals surface area (Å²) in [5.41, 5.74) is 1.39. The molecule has 1 amide bonds. The van der Waals surface area contributed by atoms with Crippen molar-refractivity contribution in [1.29, 1.82) is 0 Å². The molecule has 0 unspecified atom stereocenters. The number of hydrogen-bond acceptors (Lipinski definition) is 6. The number of anilines is 2. The van der Waals surface area contributed by atoms with Gasteiger partial charge in [0.05, 0.1) is 12.7 Å². The molecule has 0 saturated carbocycles. The minimum atomic E-state index is -0.173. The van der Waals surface area contributed by atoms with Crippen molar-refractivity contribution in [2.75, 3.05) is 37.4 Å². The van der Waals surface area contributed by atoms with Gasteiger partial charge in [-0.1, -0.05) is 12.1 Å². The highest BCUT2D eigenvalue weighted by molar-refractivity contribution is 5.96. The van der Waals surface area contributed by atoms with E-state index in [0.29, 0.717) is 30.4 Å². The Morgan fingerprint density at radius 2 is 1.96 bits per heavy atom. The minimum absolute atomic E-state index is 0.173. The maximum Gasteiger partial charge on any atom is 0.255 e. The van der Waals surface area contributed by atoms with Gasteiger partial charge in [0.25, 0.3) is 5.91 Å². The molecular weight excluding hydrogens is 306 g/mol. The third-order valence-corrected chi connectivity index (χ3v) is 3.26. The van der Waals surface area contributed by atoms with Crippen LogP contribution in [-0.2, 0) is 0 Å². The lowest BCUT2D eigenvalue weighted by Gasteiger charge is -2.11. The zero-order valence-electron chi connectivity index (χ0n) is 14.2. The number of nitrogens with one attached hydrogen (secondary N) is 3. The zero-order valence-corrected chi connectivity index (χ0v) is 14.2. The highest BCUT2D eigenvalue weighted by Gasteiger charge is 2.10. The first-order valence-electron chi connectivity index (χ1n) is 7.88. The topological polar surface area (TPSA) is 88.2 Å². The van der Waals surface area contributed by atoms with E-state index in [4.69, 9.17) is 4.74 Å². The van der Waals surface area contributed by atoms with Crippen molar-refractivity contribution in [3.8, 4) is 5.75 Å². The predicted molar refractivity (Wildman–Crippen MR) is 94.7 cm³/mol. The Hall–Kier alpha value is -2.83. The molecule has 2 rings (SSSR count). The number of carbonyl (C=O) groups excluding carboxylic acids is 1. The number of benzene rings is 1. The number of ether oxygens (including phenoxy) is 1. The quantitative estimate of drug-likeness (QED) is 0.643. The fourth-order valence-corrected chi connectivity index (χ4v) is 2.20. The third kappa shape index (κ3) is 4.84. The van der Waals surface area contributed by atoms with Gasteiger partial charge in [-0.2, -0.15) is 4.98 Å². The molecule has 7 nitrogen and oxygen atoms in total. The number of amides is 1. The number of rotatable bonds is 8. The van der Waals surface area contributed by atoms with E-state index in [1.807, 2.05) is 26.0 Å². The fraction of sp³-hybridized carbons (Fsp3) is 0.353. The predicted octanol–water partition coefficient (Wildman–Crippen LogP) is 2.07. The molecule has 0 atom stereocenters. The molecule has 0 radical (unpaired) electrons. The molecule has 0 aliphatic carbocycles. The van der Waals surface area contributed by atoms with Crippen molar-refractivity contribution in [3.63, 3.8) is 0 Å². The third-order valence-electron chi connectivity index (χ3n) is 3.26. The Kier molecular flexibility index (Phi) is 6.36. The zero-order chi connectivity index (χ0) is 17.4. The van der Waals surface area contributed by atoms with Crippen LogP contribution < -0.4 is 20.7 Å². The molecule has 0 aliphatic rings. The summed E-state index contributed by atoms with van der Waals surface area (Å²) in [7, 11) is 1.55. The highest BCUT2D eigenvalue weighted by atomic mass is 16.5. The van der Waals surface area contributed by atoms with Gasteiger partial charge in [0, 0.05) is 31.4 Å². The molecule has 0 aliphatic heterocycles. The van der Waals surface area contributed by atoms with Crippen molar-refractivity contribution in [2.45, 2.75) is 13.8 Å². The lowest BCUT2D eigenvalue weighted by molar-refractivity contribution is 0.0952. The summed E-state index contributed by atoms with van der Waals surface area (Å²) in [6.07, 6.45) is 0. The van der Waals surface area contributed by atoms with E-state index < -0.39 is 0 Å². The van der Waals surface area contributed by atoms with Crippen LogP contribution in [0, 0.1) is 6.92 Å². The maximum atomic E-state index is 12.2. The summed E-state index contributed by atoms with van der Waals surface area (Å²) in [6, 6.07) is 9.01. The van der Waals surface area contributed by atoms with Crippen LogP contribution in [0.2, 0.25) is 0 Å². The molecule has 0 bridgehead atoms. The second-order valence-electron chi connectivity index (χ2n) is 5.13. The van der Waals surface area contributed by atoms with Gasteiger partial charge >= 0.3 is 0 Å². The van der Waals surface area contributed by atoms with E-state index in [0.717, 1.165) is 18.1 Å². The smallest absolute Gasteiger partial charge is 0.255 e. The Labute approximate surface area is 141 Å². The van der Waals surface area contributed by atoms with Gasteiger partial charge < -0.3 is 20.7 Å². The fourth-order valence-electron chi connectivity index (χ4n) is 2.20. The van der Waals surface area contributed by atoms with E-state index in [1.165, 1.54) is 0 Å². The van der Waals surface area contributed by atoms with Crippen molar-refractivity contribution in [1.82, 2.24) is 15.3 Å². The molecule has 3 N–H and O–H groups in total. The van der Waals surface area contributed by atoms with Gasteiger partial charge in [-0.3, -0.25) is 4.79 Å². The molecule has 128 valence electrons. The Morgan fingerprint density at radius 1 is 1.17 bits per heavy atom. The minimum Gasteiger partial charge on any atom is -0.496 e. The van der Waals surface area contributed by atoms with Crippen LogP contribution in [0.1, 0.15) is 23.0 Å². The number of hydrogen-bond donors (Lipinski definition) is 3. The standard InChI is InChI=1S/C17H23N5O2/c1-4-18-15-11-12(2)21-17(22-15)20-10-9-19-16(23)13-7-5-6-8-14(13)24-3/h5-8,11H,4,9-10H2,1-3H3,(H,19,23)(H2,18,20,21,22). The number of para-hydroxylation sites is 1. The van der Waals surface area contributed by atoms with E-state index in [2.05, 4.69) is 25.9 Å². The molecule has 2 aromatic rings. The summed E-state index contributed by atoms with van der Waals surface area (Å²) in [6.45, 7) is 5.70. The van der Waals surface area contributed by atoms with Crippen molar-refractivity contribution >= 4 is 17.7 Å². The van der Waals surface area contributed by atoms with Gasteiger partial charge in [0.2, 0.25) is 5.95 Å². The highest BCUT2D eigenvalue weighted by Crippen LogP contribution is 2.16. The number of methoxy groups -OCH3 is 1. The summed E-state index contributed by atoms with van der Waals surface area (Å²) in [4.78, 5) is 20.9. The van der Waals surface area contributed by atoms with E-state index in [1.54, 1.807) is 25.3 Å². The molecular formula is C17H23N5O2. The van der Waals surface area contributed by atoms with E-state index in [-0.39, 0.29) is 5.91 Å². The van der Waals surface area contributed by atoms with Crippen LogP contribution in [0.4, 0.5) is 11.8 Å². The summed E-state index contributed by atoms with van der Waals surface area (Å²) < 4.78 is 5.19. The van der Waals surface area contributed by atoms with Gasteiger partial charge in [0.1, 0.15) is 11.6 Å². The van der Waals surface area contributed by atoms with E-state index >= 15 is 0 Å². The van der Waals surface area contributed by atoms with Gasteiger partial charge in [-0.25, -0.2) is 4.98 Å². The lowest BCUT2D eigenvalue weighted by Crippen LogP contribution is -2.29. The molecule has 7 heteroatoms. The van der Waals surface area contributed by atoms with Crippen LogP contribution in [0.15, 0.2) is 30.3 Å². The molecule has 0 spiro atoms. The first-order chi connectivity index (χ1) is 11.6. The summed E-state index contributed by atoms with van der Waals surface area (Å²) in [5, 5.41) is 9.11. The monoisotopic (exact) mass is 329 g/mol. The summed E-state index contributed by atoms with van der Waals surface area (Å²) in [5.74, 6) is 1.70. The Bertz CT molecular complexity index is 690. The molecule has 0 fully saturated rings. The number of nitrogens with zero attached hydrogens (tertiary/aromatic N) is 2. The number of aromatic nitrogens is 2. The van der Waals surface area contributed by atoms with Crippen molar-refractivity contribution in [3.05, 3.63) is 41.6 Å². The second-order valence-corrected chi connectivity index (χ2v) is 5.13. The largest absolute Gasteiger partial charge is 0.496 e. The molecule has 1 aromatic carbocycles. The van der Waals surface area contributed by atoms with Crippen molar-refractivity contribution in [2.24, 2.45) is 0 Å². The number of aryl methyl sites for hydroxylation is 1. The summed E-state index contributed by atoms with van der Waals surface area (Å²) >= 11 is 0.